The average molecular weight is 1150 g/mol. The molecule has 414 valence electrons. The lowest BCUT2D eigenvalue weighted by Crippen LogP contribution is -2.61. The van der Waals surface area contributed by atoms with Gasteiger partial charge in [0.15, 0.2) is 0 Å². The Labute approximate surface area is 521 Å². The third-order valence-corrected chi connectivity index (χ3v) is 18.0. The zero-order valence-corrected chi connectivity index (χ0v) is 50.1. The highest BCUT2D eigenvalue weighted by Gasteiger charge is 2.46. The van der Waals surface area contributed by atoms with Crippen LogP contribution in [-0.4, -0.2) is 6.71 Å². The second kappa shape index (κ2) is 22.2. The topological polar surface area (TPSA) is 6.48 Å². The van der Waals surface area contributed by atoms with Crippen LogP contribution in [0.2, 0.25) is 10.0 Å². The van der Waals surface area contributed by atoms with Gasteiger partial charge in [0, 0.05) is 55.0 Å². The van der Waals surface area contributed by atoms with E-state index in [0.717, 1.165) is 134 Å². The molecular weight excluding hydrogens is 1090 g/mol. The van der Waals surface area contributed by atoms with Crippen LogP contribution < -0.4 is 26.2 Å². The van der Waals surface area contributed by atoms with Crippen molar-refractivity contribution in [3.05, 3.63) is 319 Å². The van der Waals surface area contributed by atoms with Gasteiger partial charge in [0.25, 0.3) is 6.71 Å². The SMILES string of the molecule is CC(C)(C)c1cc2c3c(c1)N(c1c(-c4cccc(-c5ccccc5)c4)cccc1-c1cccc(-c4ccccc4)c1)c1cc(Cl)ccc1B3c1ccc(Cl)cc1N2c1c(-c2cccc(-c3ccccc3)c2)cccc1-c1cccc(-c2ccccc2)c1. The van der Waals surface area contributed by atoms with Crippen LogP contribution in [0.15, 0.2) is 303 Å². The first-order valence-corrected chi connectivity index (χ1v) is 30.6. The van der Waals surface area contributed by atoms with Crippen LogP contribution in [0.4, 0.5) is 34.1 Å². The number of fused-ring (bicyclic) bond motifs is 4. The molecule has 0 spiro atoms. The molecule has 13 aromatic carbocycles. The van der Waals surface area contributed by atoms with E-state index in [-0.39, 0.29) is 12.1 Å². The maximum Gasteiger partial charge on any atom is 0.252 e. The van der Waals surface area contributed by atoms with Crippen molar-refractivity contribution in [2.24, 2.45) is 0 Å². The molecule has 0 atom stereocenters. The van der Waals surface area contributed by atoms with Gasteiger partial charge >= 0.3 is 0 Å². The molecule has 5 heteroatoms. The van der Waals surface area contributed by atoms with Crippen molar-refractivity contribution in [1.29, 1.82) is 0 Å². The van der Waals surface area contributed by atoms with E-state index in [2.05, 4.69) is 334 Å². The van der Waals surface area contributed by atoms with E-state index in [1.165, 1.54) is 11.0 Å². The molecule has 0 radical (unpaired) electrons. The smallest absolute Gasteiger partial charge is 0.252 e. The van der Waals surface area contributed by atoms with Crippen molar-refractivity contribution in [3.63, 3.8) is 0 Å². The summed E-state index contributed by atoms with van der Waals surface area (Å²) in [5.74, 6) is 0. The summed E-state index contributed by atoms with van der Waals surface area (Å²) in [6.45, 7) is 6.79. The van der Waals surface area contributed by atoms with Crippen LogP contribution >= 0.6 is 23.2 Å². The number of hydrogen-bond donors (Lipinski definition) is 0. The summed E-state index contributed by atoms with van der Waals surface area (Å²) in [4.78, 5) is 5.14. The summed E-state index contributed by atoms with van der Waals surface area (Å²) in [6.07, 6.45) is 0. The predicted octanol–water partition coefficient (Wildman–Crippen LogP) is 21.7. The molecule has 2 heterocycles. The fourth-order valence-corrected chi connectivity index (χ4v) is 13.7. The van der Waals surface area contributed by atoms with Gasteiger partial charge in [0.1, 0.15) is 0 Å². The van der Waals surface area contributed by atoms with E-state index >= 15 is 0 Å². The molecule has 0 unspecified atom stereocenters. The highest BCUT2D eigenvalue weighted by molar-refractivity contribution is 7.00. The molecule has 0 aromatic heterocycles. The lowest BCUT2D eigenvalue weighted by Gasteiger charge is -2.46. The van der Waals surface area contributed by atoms with Gasteiger partial charge in [-0.05, 0) is 155 Å². The molecule has 2 nitrogen and oxygen atoms in total. The van der Waals surface area contributed by atoms with Crippen molar-refractivity contribution in [2.75, 3.05) is 9.80 Å². The number of nitrogens with zero attached hydrogens (tertiary/aromatic N) is 2. The monoisotopic (exact) mass is 1150 g/mol. The Kier molecular flexibility index (Phi) is 13.7. The van der Waals surface area contributed by atoms with Crippen molar-refractivity contribution in [3.8, 4) is 89.0 Å². The molecule has 0 N–H and O–H groups in total. The minimum absolute atomic E-state index is 0.215. The highest BCUT2D eigenvalue weighted by Crippen LogP contribution is 2.54. The summed E-state index contributed by atoms with van der Waals surface area (Å²) in [5, 5.41) is 1.32. The standard InChI is InChI=1S/C82H59BCl2N2/c1-82(2,3)66-50-77-79-78(51-66)87(81-71(64-36-18-32-60(48-64)56-26-12-6-13-27-56)40-21-41-72(81)65-37-19-33-61(49-65)57-28-14-7-15-29-57)76-53-68(85)43-45-74(76)83(79)73-44-42-67(84)52-75(73)86(77)80-69(62-34-16-30-58(46-62)54-22-8-4-9-23-54)38-20-39-70(80)63-35-17-31-59(47-63)55-24-10-5-11-25-55/h4-53H,1-3H3. The summed E-state index contributed by atoms with van der Waals surface area (Å²) >= 11 is 14.8. The second-order valence-electron chi connectivity index (χ2n) is 23.9. The number of anilines is 6. The lowest BCUT2D eigenvalue weighted by atomic mass is 9.33. The van der Waals surface area contributed by atoms with Gasteiger partial charge in [-0.2, -0.15) is 0 Å². The maximum absolute atomic E-state index is 7.41. The average Bonchev–Trinajstić information content (AvgIpc) is 0.746. The highest BCUT2D eigenvalue weighted by atomic mass is 35.5. The summed E-state index contributed by atoms with van der Waals surface area (Å²) in [6, 6.07) is 111. The third-order valence-electron chi connectivity index (χ3n) is 17.5. The van der Waals surface area contributed by atoms with Gasteiger partial charge in [-0.25, -0.2) is 0 Å². The summed E-state index contributed by atoms with van der Waals surface area (Å²) in [7, 11) is 0. The van der Waals surface area contributed by atoms with Gasteiger partial charge < -0.3 is 9.80 Å². The molecule has 0 saturated carbocycles. The first-order valence-electron chi connectivity index (χ1n) is 29.9. The zero-order valence-electron chi connectivity index (χ0n) is 48.6. The molecule has 15 rings (SSSR count). The van der Waals surface area contributed by atoms with Crippen LogP contribution in [0.3, 0.4) is 0 Å². The molecule has 2 aliphatic rings. The molecule has 13 aromatic rings. The maximum atomic E-state index is 7.41. The molecule has 87 heavy (non-hydrogen) atoms. The number of benzene rings is 13. The molecule has 0 aliphatic carbocycles. The van der Waals surface area contributed by atoms with Crippen LogP contribution in [-0.2, 0) is 5.41 Å². The lowest BCUT2D eigenvalue weighted by molar-refractivity contribution is 0.590. The minimum Gasteiger partial charge on any atom is -0.310 e. The Morgan fingerprint density at radius 2 is 0.540 bits per heavy atom. The number of hydrogen-bond acceptors (Lipinski definition) is 2. The van der Waals surface area contributed by atoms with Crippen LogP contribution in [0.25, 0.3) is 89.0 Å². The van der Waals surface area contributed by atoms with E-state index in [4.69, 9.17) is 23.2 Å². The molecule has 2 aliphatic heterocycles. The fraction of sp³-hybridized carbons (Fsp3) is 0.0488. The zero-order chi connectivity index (χ0) is 58.8. The van der Waals surface area contributed by atoms with E-state index in [1.807, 2.05) is 0 Å². The van der Waals surface area contributed by atoms with Gasteiger partial charge in [0.2, 0.25) is 0 Å². The van der Waals surface area contributed by atoms with Gasteiger partial charge in [-0.3, -0.25) is 0 Å². The fourth-order valence-electron chi connectivity index (χ4n) is 13.3. The van der Waals surface area contributed by atoms with Crippen molar-refractivity contribution in [2.45, 2.75) is 26.2 Å². The Morgan fingerprint density at radius 3 is 0.839 bits per heavy atom. The summed E-state index contributed by atoms with van der Waals surface area (Å²) < 4.78 is 0. The number of para-hydroxylation sites is 2. The van der Waals surface area contributed by atoms with Gasteiger partial charge in [0.05, 0.1) is 11.4 Å². The first-order chi connectivity index (χ1) is 42.6. The normalized spacial score (nSPS) is 12.4. The first kappa shape index (κ1) is 53.8. The van der Waals surface area contributed by atoms with Gasteiger partial charge in [-0.15, -0.1) is 0 Å². The molecular formula is C82H59BCl2N2. The Hall–Kier alpha value is -9.90. The summed E-state index contributed by atoms with van der Waals surface area (Å²) in [5.41, 5.74) is 28.8. The molecule has 0 fully saturated rings. The van der Waals surface area contributed by atoms with Crippen molar-refractivity contribution in [1.82, 2.24) is 0 Å². The van der Waals surface area contributed by atoms with Crippen molar-refractivity contribution < 1.29 is 0 Å². The van der Waals surface area contributed by atoms with Gasteiger partial charge in [-0.1, -0.05) is 287 Å². The van der Waals surface area contributed by atoms with E-state index < -0.39 is 0 Å². The molecule has 0 amide bonds. The Bertz CT molecular complexity index is 4270. The Morgan fingerprint density at radius 1 is 0.264 bits per heavy atom. The van der Waals surface area contributed by atoms with Crippen LogP contribution in [0.1, 0.15) is 26.3 Å². The van der Waals surface area contributed by atoms with E-state index in [1.54, 1.807) is 0 Å². The van der Waals surface area contributed by atoms with Crippen molar-refractivity contribution >= 4 is 80.4 Å². The molecule has 0 saturated heterocycles. The quantitative estimate of drug-likeness (QED) is 0.126. The molecule has 0 bridgehead atoms. The van der Waals surface area contributed by atoms with E-state index in [0.29, 0.717) is 10.0 Å². The third kappa shape index (κ3) is 9.84. The second-order valence-corrected chi connectivity index (χ2v) is 24.8. The largest absolute Gasteiger partial charge is 0.310 e. The minimum atomic E-state index is -0.311. The Balaban J connectivity index is 1.06. The van der Waals surface area contributed by atoms with Crippen LogP contribution in [0.5, 0.6) is 0 Å². The number of halogens is 2. The van der Waals surface area contributed by atoms with Crippen LogP contribution in [0, 0.1) is 0 Å². The predicted molar refractivity (Wildman–Crippen MR) is 373 cm³/mol. The number of rotatable bonds is 10. The van der Waals surface area contributed by atoms with E-state index in [9.17, 15) is 0 Å².